The molecule has 4 nitrogen and oxygen atoms in total. The molecule has 2 heterocycles. The summed E-state index contributed by atoms with van der Waals surface area (Å²) in [5.41, 5.74) is 2.56. The first-order valence-electron chi connectivity index (χ1n) is 9.19. The van der Waals surface area contributed by atoms with Crippen LogP contribution in [0.4, 0.5) is 4.79 Å². The van der Waals surface area contributed by atoms with E-state index < -0.39 is 0 Å². The van der Waals surface area contributed by atoms with Crippen molar-refractivity contribution in [3.8, 4) is 0 Å². The Hall–Kier alpha value is -2.36. The molecular weight excluding hydrogens is 310 g/mol. The summed E-state index contributed by atoms with van der Waals surface area (Å²) in [6.07, 6.45) is 6.96. The topological polar surface area (TPSA) is 45.2 Å². The Kier molecular flexibility index (Phi) is 6.04. The monoisotopic (exact) mass is 337 g/mol. The summed E-state index contributed by atoms with van der Waals surface area (Å²) in [7, 11) is 0. The smallest absolute Gasteiger partial charge is 0.317 e. The van der Waals surface area contributed by atoms with Gasteiger partial charge in [0.1, 0.15) is 0 Å². The third-order valence-electron chi connectivity index (χ3n) is 5.08. The van der Waals surface area contributed by atoms with Gasteiger partial charge in [-0.25, -0.2) is 4.79 Å². The van der Waals surface area contributed by atoms with Gasteiger partial charge in [0.25, 0.3) is 0 Å². The van der Waals surface area contributed by atoms with Crippen molar-refractivity contribution < 1.29 is 4.79 Å². The summed E-state index contributed by atoms with van der Waals surface area (Å²) in [6, 6.07) is 14.5. The van der Waals surface area contributed by atoms with Gasteiger partial charge in [-0.3, -0.25) is 4.98 Å². The predicted octanol–water partition coefficient (Wildman–Crippen LogP) is 3.85. The number of likely N-dealkylation sites (tertiary alicyclic amines) is 1. The molecule has 1 atom stereocenters. The average molecular weight is 337 g/mol. The molecule has 1 fully saturated rings. The Labute approximate surface area is 150 Å². The number of benzene rings is 1. The minimum Gasteiger partial charge on any atom is -0.337 e. The molecule has 1 aliphatic heterocycles. The maximum absolute atomic E-state index is 12.4. The molecule has 2 amide bonds. The van der Waals surface area contributed by atoms with Gasteiger partial charge in [-0.05, 0) is 48.3 Å². The van der Waals surface area contributed by atoms with E-state index in [1.165, 1.54) is 11.1 Å². The van der Waals surface area contributed by atoms with Gasteiger partial charge in [0.05, 0.1) is 0 Å². The van der Waals surface area contributed by atoms with Gasteiger partial charge in [0.15, 0.2) is 0 Å². The Bertz CT molecular complexity index is 651. The summed E-state index contributed by atoms with van der Waals surface area (Å²) in [5, 5.41) is 3.09. The number of pyridine rings is 1. The molecule has 1 saturated heterocycles. The van der Waals surface area contributed by atoms with Gasteiger partial charge in [0.2, 0.25) is 0 Å². The number of aromatic nitrogens is 1. The molecule has 0 aliphatic carbocycles. The standard InChI is InChI=1S/C21H27N3O/c1-17(20-7-3-2-4-8-20)15-23-21(25)24-12-9-18(10-13-24)14-19-6-5-11-22-16-19/h2-8,11,16-18H,9-10,12-15H2,1H3,(H,23,25)/t17-/m1/s1. The fourth-order valence-corrected chi connectivity index (χ4v) is 3.44. The quantitative estimate of drug-likeness (QED) is 0.901. The summed E-state index contributed by atoms with van der Waals surface area (Å²) in [6.45, 7) is 4.52. The first kappa shape index (κ1) is 17.5. The second-order valence-corrected chi connectivity index (χ2v) is 6.99. The first-order chi connectivity index (χ1) is 12.2. The van der Waals surface area contributed by atoms with Gasteiger partial charge in [-0.15, -0.1) is 0 Å². The highest BCUT2D eigenvalue weighted by Gasteiger charge is 2.23. The lowest BCUT2D eigenvalue weighted by Gasteiger charge is -2.32. The minimum atomic E-state index is 0.0719. The fraction of sp³-hybridized carbons (Fsp3) is 0.429. The van der Waals surface area contributed by atoms with E-state index in [2.05, 4.69) is 35.4 Å². The Morgan fingerprint density at radius 1 is 1.20 bits per heavy atom. The number of nitrogens with one attached hydrogen (secondary N) is 1. The molecule has 2 aromatic rings. The van der Waals surface area contributed by atoms with Crippen molar-refractivity contribution in [3.63, 3.8) is 0 Å². The van der Waals surface area contributed by atoms with E-state index in [1.54, 1.807) is 0 Å². The van der Waals surface area contributed by atoms with Crippen LogP contribution in [0, 0.1) is 5.92 Å². The van der Waals surface area contributed by atoms with Crippen molar-refractivity contribution >= 4 is 6.03 Å². The van der Waals surface area contributed by atoms with E-state index >= 15 is 0 Å². The number of carbonyl (C=O) groups is 1. The highest BCUT2D eigenvalue weighted by molar-refractivity contribution is 5.74. The number of urea groups is 1. The highest BCUT2D eigenvalue weighted by atomic mass is 16.2. The van der Waals surface area contributed by atoms with E-state index in [0.29, 0.717) is 18.4 Å². The molecule has 132 valence electrons. The second kappa shape index (κ2) is 8.65. The lowest BCUT2D eigenvalue weighted by Crippen LogP contribution is -2.45. The lowest BCUT2D eigenvalue weighted by molar-refractivity contribution is 0.170. The molecule has 0 spiro atoms. The second-order valence-electron chi connectivity index (χ2n) is 6.99. The summed E-state index contributed by atoms with van der Waals surface area (Å²) in [5.74, 6) is 0.977. The fourth-order valence-electron chi connectivity index (χ4n) is 3.44. The Morgan fingerprint density at radius 3 is 2.64 bits per heavy atom. The summed E-state index contributed by atoms with van der Waals surface area (Å²) in [4.78, 5) is 18.5. The number of hydrogen-bond acceptors (Lipinski definition) is 2. The van der Waals surface area contributed by atoms with Crippen LogP contribution in [0.25, 0.3) is 0 Å². The van der Waals surface area contributed by atoms with Crippen molar-refractivity contribution in [1.82, 2.24) is 15.2 Å². The van der Waals surface area contributed by atoms with Crippen molar-refractivity contribution in [3.05, 3.63) is 66.0 Å². The normalized spacial score (nSPS) is 16.4. The van der Waals surface area contributed by atoms with Crippen LogP contribution in [-0.2, 0) is 6.42 Å². The van der Waals surface area contributed by atoms with Crippen LogP contribution >= 0.6 is 0 Å². The number of carbonyl (C=O) groups excluding carboxylic acids is 1. The Morgan fingerprint density at radius 2 is 1.96 bits per heavy atom. The van der Waals surface area contributed by atoms with Gasteiger partial charge in [0, 0.05) is 32.0 Å². The third-order valence-corrected chi connectivity index (χ3v) is 5.08. The van der Waals surface area contributed by atoms with Crippen molar-refractivity contribution in [2.45, 2.75) is 32.1 Å². The number of rotatable bonds is 5. The zero-order chi connectivity index (χ0) is 17.5. The number of amides is 2. The van der Waals surface area contributed by atoms with E-state index in [0.717, 1.165) is 32.4 Å². The third kappa shape index (κ3) is 5.05. The van der Waals surface area contributed by atoms with E-state index in [1.807, 2.05) is 41.6 Å². The lowest BCUT2D eigenvalue weighted by atomic mass is 9.91. The van der Waals surface area contributed by atoms with Crippen LogP contribution in [-0.4, -0.2) is 35.5 Å². The largest absolute Gasteiger partial charge is 0.337 e. The molecule has 0 radical (unpaired) electrons. The van der Waals surface area contributed by atoms with Crippen LogP contribution in [0.2, 0.25) is 0 Å². The van der Waals surface area contributed by atoms with Crippen LogP contribution in [0.3, 0.4) is 0 Å². The van der Waals surface area contributed by atoms with Crippen LogP contribution in [0.15, 0.2) is 54.9 Å². The molecule has 1 aliphatic rings. The number of hydrogen-bond donors (Lipinski definition) is 1. The predicted molar refractivity (Wildman–Crippen MR) is 100 cm³/mol. The van der Waals surface area contributed by atoms with E-state index in [9.17, 15) is 4.79 Å². The summed E-state index contributed by atoms with van der Waals surface area (Å²) >= 11 is 0. The molecule has 3 rings (SSSR count). The molecule has 0 saturated carbocycles. The molecule has 1 aromatic carbocycles. The zero-order valence-corrected chi connectivity index (χ0v) is 14.9. The van der Waals surface area contributed by atoms with E-state index in [4.69, 9.17) is 0 Å². The van der Waals surface area contributed by atoms with Gasteiger partial charge >= 0.3 is 6.03 Å². The first-order valence-corrected chi connectivity index (χ1v) is 9.19. The maximum atomic E-state index is 12.4. The Balaban J connectivity index is 1.41. The molecule has 0 bridgehead atoms. The average Bonchev–Trinajstić information content (AvgIpc) is 2.68. The van der Waals surface area contributed by atoms with Crippen LogP contribution in [0.1, 0.15) is 36.8 Å². The molecule has 4 heteroatoms. The molecule has 1 aromatic heterocycles. The van der Waals surface area contributed by atoms with Gasteiger partial charge < -0.3 is 10.2 Å². The highest BCUT2D eigenvalue weighted by Crippen LogP contribution is 2.21. The van der Waals surface area contributed by atoms with Crippen LogP contribution in [0.5, 0.6) is 0 Å². The molecule has 1 N–H and O–H groups in total. The maximum Gasteiger partial charge on any atom is 0.317 e. The van der Waals surface area contributed by atoms with Crippen molar-refractivity contribution in [1.29, 1.82) is 0 Å². The molecular formula is C21H27N3O. The van der Waals surface area contributed by atoms with Crippen molar-refractivity contribution in [2.75, 3.05) is 19.6 Å². The van der Waals surface area contributed by atoms with E-state index in [-0.39, 0.29) is 6.03 Å². The van der Waals surface area contributed by atoms with Gasteiger partial charge in [-0.2, -0.15) is 0 Å². The molecule has 0 unspecified atom stereocenters. The minimum absolute atomic E-state index is 0.0719. The number of piperidine rings is 1. The number of nitrogens with zero attached hydrogens (tertiary/aromatic N) is 2. The van der Waals surface area contributed by atoms with Crippen molar-refractivity contribution in [2.24, 2.45) is 5.92 Å². The summed E-state index contributed by atoms with van der Waals surface area (Å²) < 4.78 is 0. The van der Waals surface area contributed by atoms with Crippen LogP contribution < -0.4 is 5.32 Å². The molecule has 25 heavy (non-hydrogen) atoms. The van der Waals surface area contributed by atoms with Gasteiger partial charge in [-0.1, -0.05) is 43.3 Å². The SMILES string of the molecule is C[C@H](CNC(=O)N1CCC(Cc2cccnc2)CC1)c1ccccc1. The zero-order valence-electron chi connectivity index (χ0n) is 14.9.